The Kier molecular flexibility index (Phi) is 2.48. The van der Waals surface area contributed by atoms with Gasteiger partial charge in [0.1, 0.15) is 0 Å². The Bertz CT molecular complexity index is 575. The fraction of sp³-hybridized carbons (Fsp3) is 0.200. The molecule has 0 amide bonds. The Morgan fingerprint density at radius 2 is 1.88 bits per heavy atom. The third-order valence-electron chi connectivity index (χ3n) is 3.33. The van der Waals surface area contributed by atoms with E-state index in [4.69, 9.17) is 0 Å². The van der Waals surface area contributed by atoms with Gasteiger partial charge in [0.05, 0.1) is 0 Å². The largest absolute Gasteiger partial charge is 0.298 e. The van der Waals surface area contributed by atoms with Crippen molar-refractivity contribution >= 4 is 6.29 Å². The van der Waals surface area contributed by atoms with E-state index in [0.29, 0.717) is 5.56 Å². The standard InChI is InChI=1S/C15H13NO/c17-10-11-6-15(9-16-8-11)14-5-4-12-2-1-3-13(12)7-14/h4-10H,1-3H2. The van der Waals surface area contributed by atoms with Crippen LogP contribution in [0.25, 0.3) is 11.1 Å². The lowest BCUT2D eigenvalue weighted by Crippen LogP contribution is -1.88. The van der Waals surface area contributed by atoms with Gasteiger partial charge in [-0.2, -0.15) is 0 Å². The molecule has 0 radical (unpaired) electrons. The van der Waals surface area contributed by atoms with Crippen LogP contribution in [0.15, 0.2) is 36.7 Å². The second kappa shape index (κ2) is 4.13. The molecule has 0 saturated carbocycles. The molecule has 0 fully saturated rings. The van der Waals surface area contributed by atoms with Gasteiger partial charge in [0.2, 0.25) is 0 Å². The van der Waals surface area contributed by atoms with Crippen LogP contribution in [0.4, 0.5) is 0 Å². The van der Waals surface area contributed by atoms with Crippen LogP contribution in [-0.2, 0) is 12.8 Å². The van der Waals surface area contributed by atoms with Gasteiger partial charge in [-0.3, -0.25) is 9.78 Å². The van der Waals surface area contributed by atoms with Gasteiger partial charge in [0.15, 0.2) is 6.29 Å². The number of fused-ring (bicyclic) bond motifs is 1. The van der Waals surface area contributed by atoms with Crippen LogP contribution in [0.3, 0.4) is 0 Å². The molecular weight excluding hydrogens is 210 g/mol. The fourth-order valence-corrected chi connectivity index (χ4v) is 2.43. The summed E-state index contributed by atoms with van der Waals surface area (Å²) in [5.74, 6) is 0. The maximum atomic E-state index is 10.7. The van der Waals surface area contributed by atoms with E-state index >= 15 is 0 Å². The molecule has 2 aromatic rings. The Labute approximate surface area is 100 Å². The molecule has 0 aliphatic heterocycles. The van der Waals surface area contributed by atoms with Crippen molar-refractivity contribution in [2.24, 2.45) is 0 Å². The molecule has 1 heterocycles. The molecule has 1 aliphatic rings. The number of rotatable bonds is 2. The normalized spacial score (nSPS) is 13.4. The van der Waals surface area contributed by atoms with Crippen molar-refractivity contribution in [1.82, 2.24) is 4.98 Å². The summed E-state index contributed by atoms with van der Waals surface area (Å²) in [4.78, 5) is 14.8. The van der Waals surface area contributed by atoms with E-state index in [1.54, 1.807) is 6.20 Å². The zero-order chi connectivity index (χ0) is 11.7. The maximum absolute atomic E-state index is 10.7. The average Bonchev–Trinajstić information content (AvgIpc) is 2.86. The minimum Gasteiger partial charge on any atom is -0.298 e. The Morgan fingerprint density at radius 3 is 2.76 bits per heavy atom. The highest BCUT2D eigenvalue weighted by molar-refractivity contribution is 5.78. The first kappa shape index (κ1) is 10.2. The second-order valence-electron chi connectivity index (χ2n) is 4.46. The van der Waals surface area contributed by atoms with Crippen molar-refractivity contribution in [3.8, 4) is 11.1 Å². The highest BCUT2D eigenvalue weighted by Crippen LogP contribution is 2.27. The summed E-state index contributed by atoms with van der Waals surface area (Å²) in [7, 11) is 0. The van der Waals surface area contributed by atoms with Crippen LogP contribution < -0.4 is 0 Å². The topological polar surface area (TPSA) is 30.0 Å². The molecular formula is C15H13NO. The number of aldehydes is 1. The number of carbonyl (C=O) groups excluding carboxylic acids is 1. The van der Waals surface area contributed by atoms with E-state index in [-0.39, 0.29) is 0 Å². The van der Waals surface area contributed by atoms with E-state index in [0.717, 1.165) is 17.4 Å². The number of hydrogen-bond acceptors (Lipinski definition) is 2. The monoisotopic (exact) mass is 223 g/mol. The predicted molar refractivity (Wildman–Crippen MR) is 67.1 cm³/mol. The average molecular weight is 223 g/mol. The number of carbonyl (C=O) groups is 1. The Balaban J connectivity index is 2.06. The lowest BCUT2D eigenvalue weighted by molar-refractivity contribution is 0.112. The van der Waals surface area contributed by atoms with Gasteiger partial charge in [-0.05, 0) is 42.0 Å². The molecule has 0 N–H and O–H groups in total. The number of aryl methyl sites for hydroxylation is 2. The molecule has 84 valence electrons. The van der Waals surface area contributed by atoms with Crippen LogP contribution in [0.1, 0.15) is 27.9 Å². The minimum atomic E-state index is 0.628. The number of benzene rings is 1. The quantitative estimate of drug-likeness (QED) is 0.732. The summed E-state index contributed by atoms with van der Waals surface area (Å²) in [6.45, 7) is 0. The van der Waals surface area contributed by atoms with Crippen LogP contribution in [0.5, 0.6) is 0 Å². The molecule has 0 atom stereocenters. The molecule has 17 heavy (non-hydrogen) atoms. The van der Waals surface area contributed by atoms with Gasteiger partial charge in [-0.1, -0.05) is 18.2 Å². The number of aromatic nitrogens is 1. The Hall–Kier alpha value is -1.96. The van der Waals surface area contributed by atoms with Crippen molar-refractivity contribution in [3.63, 3.8) is 0 Å². The van der Waals surface area contributed by atoms with E-state index in [1.807, 2.05) is 12.3 Å². The third kappa shape index (κ3) is 1.86. The van der Waals surface area contributed by atoms with Gasteiger partial charge in [0.25, 0.3) is 0 Å². The fourth-order valence-electron chi connectivity index (χ4n) is 2.43. The molecule has 2 heteroatoms. The summed E-state index contributed by atoms with van der Waals surface area (Å²) in [6.07, 6.45) is 7.86. The van der Waals surface area contributed by atoms with Crippen molar-refractivity contribution in [2.45, 2.75) is 19.3 Å². The van der Waals surface area contributed by atoms with Crippen molar-refractivity contribution < 1.29 is 4.79 Å². The van der Waals surface area contributed by atoms with Gasteiger partial charge >= 0.3 is 0 Å². The van der Waals surface area contributed by atoms with Gasteiger partial charge < -0.3 is 0 Å². The smallest absolute Gasteiger partial charge is 0.151 e. The van der Waals surface area contributed by atoms with E-state index < -0.39 is 0 Å². The van der Waals surface area contributed by atoms with Crippen LogP contribution in [0.2, 0.25) is 0 Å². The van der Waals surface area contributed by atoms with Gasteiger partial charge in [-0.25, -0.2) is 0 Å². The minimum absolute atomic E-state index is 0.628. The first-order valence-electron chi connectivity index (χ1n) is 5.89. The first-order valence-corrected chi connectivity index (χ1v) is 5.89. The van der Waals surface area contributed by atoms with Crippen molar-refractivity contribution in [3.05, 3.63) is 53.3 Å². The van der Waals surface area contributed by atoms with Gasteiger partial charge in [0, 0.05) is 23.5 Å². The highest BCUT2D eigenvalue weighted by atomic mass is 16.1. The van der Waals surface area contributed by atoms with Crippen molar-refractivity contribution in [1.29, 1.82) is 0 Å². The van der Waals surface area contributed by atoms with E-state index in [2.05, 4.69) is 23.2 Å². The molecule has 1 aliphatic carbocycles. The third-order valence-corrected chi connectivity index (χ3v) is 3.33. The lowest BCUT2D eigenvalue weighted by Gasteiger charge is -2.05. The molecule has 0 unspecified atom stereocenters. The molecule has 2 nitrogen and oxygen atoms in total. The molecule has 3 rings (SSSR count). The summed E-state index contributed by atoms with van der Waals surface area (Å²) in [5, 5.41) is 0. The summed E-state index contributed by atoms with van der Waals surface area (Å²) in [5.41, 5.74) is 5.71. The summed E-state index contributed by atoms with van der Waals surface area (Å²) in [6, 6.07) is 8.44. The molecule has 0 spiro atoms. The van der Waals surface area contributed by atoms with Crippen molar-refractivity contribution in [2.75, 3.05) is 0 Å². The number of nitrogens with zero attached hydrogens (tertiary/aromatic N) is 1. The summed E-state index contributed by atoms with van der Waals surface area (Å²) < 4.78 is 0. The van der Waals surface area contributed by atoms with Crippen LogP contribution in [-0.4, -0.2) is 11.3 Å². The molecule has 1 aromatic heterocycles. The summed E-state index contributed by atoms with van der Waals surface area (Å²) >= 11 is 0. The second-order valence-corrected chi connectivity index (χ2v) is 4.46. The van der Waals surface area contributed by atoms with E-state index in [9.17, 15) is 4.79 Å². The molecule has 0 saturated heterocycles. The predicted octanol–water partition coefficient (Wildman–Crippen LogP) is 3.05. The zero-order valence-corrected chi connectivity index (χ0v) is 9.52. The number of pyridine rings is 1. The molecule has 1 aromatic carbocycles. The zero-order valence-electron chi connectivity index (χ0n) is 9.52. The SMILES string of the molecule is O=Cc1cncc(-c2ccc3c(c2)CCC3)c1. The lowest BCUT2D eigenvalue weighted by atomic mass is 10.0. The van der Waals surface area contributed by atoms with Crippen LogP contribution in [0, 0.1) is 0 Å². The van der Waals surface area contributed by atoms with E-state index in [1.165, 1.54) is 30.4 Å². The maximum Gasteiger partial charge on any atom is 0.151 e. The highest BCUT2D eigenvalue weighted by Gasteiger charge is 2.11. The Morgan fingerprint density at radius 1 is 1.00 bits per heavy atom. The van der Waals surface area contributed by atoms with Crippen LogP contribution >= 0.6 is 0 Å². The number of hydrogen-bond donors (Lipinski definition) is 0. The first-order chi connectivity index (χ1) is 8.36. The molecule has 0 bridgehead atoms. The van der Waals surface area contributed by atoms with Gasteiger partial charge in [-0.15, -0.1) is 0 Å².